The summed E-state index contributed by atoms with van der Waals surface area (Å²) in [5.41, 5.74) is 2.62. The van der Waals surface area contributed by atoms with Gasteiger partial charge in [-0.3, -0.25) is 0 Å². The predicted octanol–water partition coefficient (Wildman–Crippen LogP) is 3.44. The van der Waals surface area contributed by atoms with Crippen LogP contribution in [0.1, 0.15) is 30.9 Å². The maximum absolute atomic E-state index is 12.2. The van der Waals surface area contributed by atoms with E-state index in [1.54, 1.807) is 0 Å². The van der Waals surface area contributed by atoms with E-state index in [1.165, 1.54) is 11.1 Å². The number of carbonyl (C=O) groups excluding carboxylic acids is 1. The van der Waals surface area contributed by atoms with Crippen molar-refractivity contribution in [2.75, 3.05) is 32.0 Å². The maximum Gasteiger partial charge on any atom is 0.317 e. The van der Waals surface area contributed by atoms with E-state index in [4.69, 9.17) is 4.74 Å². The average Bonchev–Trinajstić information content (AvgIpc) is 3.07. The topological polar surface area (TPSA) is 41.6 Å². The van der Waals surface area contributed by atoms with E-state index < -0.39 is 0 Å². The second-order valence-corrected chi connectivity index (χ2v) is 7.05. The molecule has 0 aliphatic carbocycles. The molecule has 1 atom stereocenters. The van der Waals surface area contributed by atoms with Crippen LogP contribution in [0.4, 0.5) is 4.79 Å². The number of likely N-dealkylation sites (N-methyl/N-ethyl adjacent to an activating group) is 1. The molecule has 0 aromatic heterocycles. The highest BCUT2D eigenvalue weighted by atomic mass is 32.2. The lowest BCUT2D eigenvalue weighted by Crippen LogP contribution is -2.44. The van der Waals surface area contributed by atoms with Gasteiger partial charge in [0.2, 0.25) is 0 Å². The van der Waals surface area contributed by atoms with Gasteiger partial charge >= 0.3 is 6.03 Å². The van der Waals surface area contributed by atoms with E-state index in [0.29, 0.717) is 13.1 Å². The van der Waals surface area contributed by atoms with Crippen molar-refractivity contribution in [3.05, 3.63) is 35.4 Å². The molecule has 2 rings (SSSR count). The van der Waals surface area contributed by atoms with Crippen LogP contribution in [0.2, 0.25) is 0 Å². The summed E-state index contributed by atoms with van der Waals surface area (Å²) in [4.78, 5) is 14.0. The number of benzene rings is 1. The first-order valence-corrected chi connectivity index (χ1v) is 9.62. The molecule has 5 heteroatoms. The van der Waals surface area contributed by atoms with Crippen molar-refractivity contribution in [3.63, 3.8) is 0 Å². The molecule has 0 saturated carbocycles. The van der Waals surface area contributed by atoms with Crippen LogP contribution in [-0.4, -0.2) is 49.0 Å². The highest BCUT2D eigenvalue weighted by Gasteiger charge is 2.21. The summed E-state index contributed by atoms with van der Waals surface area (Å²) >= 11 is 1.85. The van der Waals surface area contributed by atoms with E-state index in [-0.39, 0.29) is 12.1 Å². The van der Waals surface area contributed by atoms with Gasteiger partial charge in [-0.1, -0.05) is 29.8 Å². The third-order valence-corrected chi connectivity index (χ3v) is 5.06. The molecule has 0 spiro atoms. The number of hydrogen-bond donors (Lipinski definition) is 1. The van der Waals surface area contributed by atoms with Gasteiger partial charge in [0.1, 0.15) is 0 Å². The van der Waals surface area contributed by atoms with Crippen LogP contribution in [0.3, 0.4) is 0 Å². The Morgan fingerprint density at radius 3 is 2.83 bits per heavy atom. The van der Waals surface area contributed by atoms with E-state index in [0.717, 1.165) is 37.5 Å². The molecule has 1 unspecified atom stereocenters. The number of thioether (sulfide) groups is 1. The van der Waals surface area contributed by atoms with Crippen molar-refractivity contribution < 1.29 is 9.53 Å². The molecule has 128 valence electrons. The summed E-state index contributed by atoms with van der Waals surface area (Å²) in [6, 6.07) is 8.64. The van der Waals surface area contributed by atoms with E-state index >= 15 is 0 Å². The van der Waals surface area contributed by atoms with E-state index in [2.05, 4.69) is 36.5 Å². The summed E-state index contributed by atoms with van der Waals surface area (Å²) in [7, 11) is 0. The second kappa shape index (κ2) is 9.83. The summed E-state index contributed by atoms with van der Waals surface area (Å²) in [6.45, 7) is 7.08. The van der Waals surface area contributed by atoms with Crippen LogP contribution in [0.15, 0.2) is 24.3 Å². The van der Waals surface area contributed by atoms with Gasteiger partial charge in [0.05, 0.1) is 6.10 Å². The average molecular weight is 337 g/mol. The number of urea groups is 1. The number of amides is 2. The number of carbonyl (C=O) groups is 1. The molecule has 1 saturated heterocycles. The summed E-state index contributed by atoms with van der Waals surface area (Å²) in [6.07, 6.45) is 2.40. The van der Waals surface area contributed by atoms with Gasteiger partial charge in [0, 0.05) is 37.7 Å². The molecule has 23 heavy (non-hydrogen) atoms. The van der Waals surface area contributed by atoms with Gasteiger partial charge in [-0.2, -0.15) is 11.8 Å². The van der Waals surface area contributed by atoms with Crippen LogP contribution >= 0.6 is 11.8 Å². The van der Waals surface area contributed by atoms with Gasteiger partial charge in [-0.25, -0.2) is 4.79 Å². The summed E-state index contributed by atoms with van der Waals surface area (Å²) in [5, 5.41) is 3.01. The van der Waals surface area contributed by atoms with Gasteiger partial charge in [-0.05, 0) is 32.3 Å². The standard InChI is InChI=1S/C18H28N2O2S/c1-3-20(13-17-5-4-11-22-17)18(21)19-10-12-23-14-16-8-6-15(2)7-9-16/h6-9,17H,3-5,10-14H2,1-2H3,(H,19,21). The van der Waals surface area contributed by atoms with Crippen molar-refractivity contribution in [1.82, 2.24) is 10.2 Å². The van der Waals surface area contributed by atoms with Gasteiger partial charge < -0.3 is 15.0 Å². The molecule has 1 aromatic rings. The molecule has 1 aromatic carbocycles. The largest absolute Gasteiger partial charge is 0.376 e. The molecule has 1 aliphatic heterocycles. The summed E-state index contributed by atoms with van der Waals surface area (Å²) < 4.78 is 5.61. The van der Waals surface area contributed by atoms with Gasteiger partial charge in [-0.15, -0.1) is 0 Å². The lowest BCUT2D eigenvalue weighted by Gasteiger charge is -2.24. The fourth-order valence-electron chi connectivity index (χ4n) is 2.61. The van der Waals surface area contributed by atoms with Crippen LogP contribution in [0, 0.1) is 6.92 Å². The minimum Gasteiger partial charge on any atom is -0.376 e. The SMILES string of the molecule is CCN(CC1CCCO1)C(=O)NCCSCc1ccc(C)cc1. The Bertz CT molecular complexity index is 472. The number of aryl methyl sites for hydroxylation is 1. The first kappa shape index (κ1) is 18.1. The zero-order valence-corrected chi connectivity index (χ0v) is 15.0. The van der Waals surface area contributed by atoms with Crippen LogP contribution in [0.5, 0.6) is 0 Å². The van der Waals surface area contributed by atoms with Crippen molar-refractivity contribution in [3.8, 4) is 0 Å². The second-order valence-electron chi connectivity index (χ2n) is 5.94. The van der Waals surface area contributed by atoms with Crippen molar-refractivity contribution in [1.29, 1.82) is 0 Å². The molecular formula is C18H28N2O2S. The lowest BCUT2D eigenvalue weighted by molar-refractivity contribution is 0.0828. The van der Waals surface area contributed by atoms with Crippen molar-refractivity contribution in [2.45, 2.75) is 38.5 Å². The monoisotopic (exact) mass is 336 g/mol. The third-order valence-electron chi connectivity index (χ3n) is 4.03. The molecule has 1 N–H and O–H groups in total. The van der Waals surface area contributed by atoms with Crippen molar-refractivity contribution in [2.24, 2.45) is 0 Å². The van der Waals surface area contributed by atoms with E-state index in [1.807, 2.05) is 23.6 Å². The fraction of sp³-hybridized carbons (Fsp3) is 0.611. The third kappa shape index (κ3) is 6.43. The quantitative estimate of drug-likeness (QED) is 0.740. The minimum atomic E-state index is 0.0268. The molecule has 0 bridgehead atoms. The normalized spacial score (nSPS) is 17.2. The minimum absolute atomic E-state index is 0.0268. The van der Waals surface area contributed by atoms with Crippen molar-refractivity contribution >= 4 is 17.8 Å². The zero-order chi connectivity index (χ0) is 16.5. The number of rotatable bonds is 8. The summed E-state index contributed by atoms with van der Waals surface area (Å²) in [5.74, 6) is 1.92. The fourth-order valence-corrected chi connectivity index (χ4v) is 3.42. The maximum atomic E-state index is 12.2. The van der Waals surface area contributed by atoms with Crippen LogP contribution < -0.4 is 5.32 Å². The Labute approximate surface area is 144 Å². The molecule has 0 radical (unpaired) electrons. The Morgan fingerprint density at radius 1 is 1.39 bits per heavy atom. The molecule has 2 amide bonds. The predicted molar refractivity (Wildman–Crippen MR) is 97.0 cm³/mol. The Morgan fingerprint density at radius 2 is 2.17 bits per heavy atom. The highest BCUT2D eigenvalue weighted by Crippen LogP contribution is 2.14. The highest BCUT2D eigenvalue weighted by molar-refractivity contribution is 7.98. The number of hydrogen-bond acceptors (Lipinski definition) is 3. The lowest BCUT2D eigenvalue weighted by atomic mass is 10.2. The molecule has 4 nitrogen and oxygen atoms in total. The number of nitrogens with zero attached hydrogens (tertiary/aromatic N) is 1. The molecule has 1 fully saturated rings. The smallest absolute Gasteiger partial charge is 0.317 e. The zero-order valence-electron chi connectivity index (χ0n) is 14.2. The van der Waals surface area contributed by atoms with Gasteiger partial charge in [0.15, 0.2) is 0 Å². The van der Waals surface area contributed by atoms with Gasteiger partial charge in [0.25, 0.3) is 0 Å². The number of nitrogens with one attached hydrogen (secondary N) is 1. The van der Waals surface area contributed by atoms with E-state index in [9.17, 15) is 4.79 Å². The molecule has 1 heterocycles. The van der Waals surface area contributed by atoms with Crippen LogP contribution in [-0.2, 0) is 10.5 Å². The molecule has 1 aliphatic rings. The molecular weight excluding hydrogens is 308 g/mol. The Balaban J connectivity index is 1.60. The first-order chi connectivity index (χ1) is 11.2. The Kier molecular flexibility index (Phi) is 7.76. The first-order valence-electron chi connectivity index (χ1n) is 8.46. The number of ether oxygens (including phenoxy) is 1. The Hall–Kier alpha value is -1.20. The van der Waals surface area contributed by atoms with Crippen LogP contribution in [0.25, 0.3) is 0 Å².